The molecule has 1 saturated heterocycles. The van der Waals surface area contributed by atoms with E-state index in [1.54, 1.807) is 42.5 Å². The first kappa shape index (κ1) is 21.4. The second-order valence-electron chi connectivity index (χ2n) is 7.21. The highest BCUT2D eigenvalue weighted by Gasteiger charge is 2.32. The number of nitrogens with one attached hydrogen (secondary N) is 1. The molecule has 3 rings (SSSR count). The van der Waals surface area contributed by atoms with Crippen molar-refractivity contribution < 1.29 is 17.6 Å². The SMILES string of the molecule is CC(NC(=O)C(C)N1CCN(S(=O)(=O)c2ccccc2)CC1)c1ccc(F)cc1. The molecule has 2 atom stereocenters. The summed E-state index contributed by atoms with van der Waals surface area (Å²) >= 11 is 0. The van der Waals surface area contributed by atoms with E-state index in [0.717, 1.165) is 5.56 Å². The second kappa shape index (κ2) is 9.02. The van der Waals surface area contributed by atoms with Crippen molar-refractivity contribution in [2.75, 3.05) is 26.2 Å². The minimum atomic E-state index is -3.51. The molecule has 1 aliphatic heterocycles. The monoisotopic (exact) mass is 419 g/mol. The van der Waals surface area contributed by atoms with Crippen LogP contribution >= 0.6 is 0 Å². The van der Waals surface area contributed by atoms with Gasteiger partial charge in [-0.3, -0.25) is 9.69 Å². The van der Waals surface area contributed by atoms with Gasteiger partial charge in [-0.1, -0.05) is 30.3 Å². The Balaban J connectivity index is 1.56. The quantitative estimate of drug-likeness (QED) is 0.781. The number of amides is 1. The molecule has 2 aromatic carbocycles. The topological polar surface area (TPSA) is 69.7 Å². The first-order valence-electron chi connectivity index (χ1n) is 9.64. The summed E-state index contributed by atoms with van der Waals surface area (Å²) in [6, 6.07) is 13.8. The van der Waals surface area contributed by atoms with Gasteiger partial charge in [0.1, 0.15) is 5.82 Å². The number of piperazine rings is 1. The minimum absolute atomic E-state index is 0.138. The lowest BCUT2D eigenvalue weighted by atomic mass is 10.1. The van der Waals surface area contributed by atoms with Crippen LogP contribution in [0, 0.1) is 5.82 Å². The van der Waals surface area contributed by atoms with E-state index in [1.807, 2.05) is 18.7 Å². The zero-order valence-corrected chi connectivity index (χ0v) is 17.4. The Hall–Kier alpha value is -2.29. The Kier molecular flexibility index (Phi) is 6.66. The van der Waals surface area contributed by atoms with E-state index in [9.17, 15) is 17.6 Å². The average molecular weight is 420 g/mol. The van der Waals surface area contributed by atoms with Crippen molar-refractivity contribution in [1.82, 2.24) is 14.5 Å². The molecule has 0 spiro atoms. The Morgan fingerprint density at radius 1 is 0.966 bits per heavy atom. The first-order valence-corrected chi connectivity index (χ1v) is 11.1. The third kappa shape index (κ3) is 5.01. The van der Waals surface area contributed by atoms with Crippen LogP contribution in [-0.4, -0.2) is 55.8 Å². The Morgan fingerprint density at radius 3 is 2.14 bits per heavy atom. The van der Waals surface area contributed by atoms with E-state index in [4.69, 9.17) is 0 Å². The molecule has 0 aromatic heterocycles. The van der Waals surface area contributed by atoms with Gasteiger partial charge in [0, 0.05) is 26.2 Å². The lowest BCUT2D eigenvalue weighted by Gasteiger charge is -2.37. The standard InChI is InChI=1S/C21H26FN3O3S/c1-16(18-8-10-19(22)11-9-18)23-21(26)17(2)24-12-14-25(15-13-24)29(27,28)20-6-4-3-5-7-20/h3-11,16-17H,12-15H2,1-2H3,(H,23,26). The number of sulfonamides is 1. The zero-order valence-electron chi connectivity index (χ0n) is 16.6. The second-order valence-corrected chi connectivity index (χ2v) is 9.15. The predicted molar refractivity (Wildman–Crippen MR) is 109 cm³/mol. The van der Waals surface area contributed by atoms with Crippen LogP contribution in [0.4, 0.5) is 4.39 Å². The molecule has 6 nitrogen and oxygen atoms in total. The number of hydrogen-bond acceptors (Lipinski definition) is 4. The van der Waals surface area contributed by atoms with Gasteiger partial charge in [0.15, 0.2) is 0 Å². The van der Waals surface area contributed by atoms with Crippen molar-refractivity contribution in [2.45, 2.75) is 30.8 Å². The normalized spacial score (nSPS) is 18.2. The fourth-order valence-electron chi connectivity index (χ4n) is 3.41. The first-order chi connectivity index (χ1) is 13.8. The van der Waals surface area contributed by atoms with Gasteiger partial charge in [0.25, 0.3) is 0 Å². The van der Waals surface area contributed by atoms with E-state index < -0.39 is 10.0 Å². The zero-order chi connectivity index (χ0) is 21.0. The van der Waals surface area contributed by atoms with Crippen LogP contribution in [0.2, 0.25) is 0 Å². The summed E-state index contributed by atoms with van der Waals surface area (Å²) in [5.74, 6) is -0.454. The average Bonchev–Trinajstić information content (AvgIpc) is 2.74. The van der Waals surface area contributed by atoms with E-state index >= 15 is 0 Å². The molecule has 1 heterocycles. The summed E-state index contributed by atoms with van der Waals surface area (Å²) < 4.78 is 40.0. The number of benzene rings is 2. The smallest absolute Gasteiger partial charge is 0.243 e. The maximum Gasteiger partial charge on any atom is 0.243 e. The number of rotatable bonds is 6. The van der Waals surface area contributed by atoms with Crippen LogP contribution in [0.3, 0.4) is 0 Å². The summed E-state index contributed by atoms with van der Waals surface area (Å²) in [7, 11) is -3.51. The molecular formula is C21H26FN3O3S. The Bertz CT molecular complexity index is 927. The summed E-state index contributed by atoms with van der Waals surface area (Å²) in [4.78, 5) is 14.9. The fraction of sp³-hybridized carbons (Fsp3) is 0.381. The molecule has 8 heteroatoms. The largest absolute Gasteiger partial charge is 0.348 e. The summed E-state index contributed by atoms with van der Waals surface area (Å²) in [5.41, 5.74) is 0.825. The van der Waals surface area contributed by atoms with Gasteiger partial charge in [0.2, 0.25) is 15.9 Å². The van der Waals surface area contributed by atoms with Gasteiger partial charge in [-0.25, -0.2) is 12.8 Å². The van der Waals surface area contributed by atoms with Gasteiger partial charge >= 0.3 is 0 Å². The molecule has 156 valence electrons. The summed E-state index contributed by atoms with van der Waals surface area (Å²) in [6.07, 6.45) is 0. The van der Waals surface area contributed by atoms with E-state index in [1.165, 1.54) is 16.4 Å². The van der Waals surface area contributed by atoms with Gasteiger partial charge in [-0.05, 0) is 43.7 Å². The number of carbonyl (C=O) groups excluding carboxylic acids is 1. The predicted octanol–water partition coefficient (Wildman–Crippen LogP) is 2.40. The molecule has 0 bridgehead atoms. The third-order valence-corrected chi connectivity index (χ3v) is 7.22. The Labute approximate surface area is 171 Å². The number of hydrogen-bond donors (Lipinski definition) is 1. The van der Waals surface area contributed by atoms with Gasteiger partial charge in [-0.2, -0.15) is 4.31 Å². The molecule has 29 heavy (non-hydrogen) atoms. The molecule has 2 aromatic rings. The van der Waals surface area contributed by atoms with Crippen molar-refractivity contribution in [3.63, 3.8) is 0 Å². The van der Waals surface area contributed by atoms with Crippen LogP contribution in [-0.2, 0) is 14.8 Å². The van der Waals surface area contributed by atoms with Crippen LogP contribution in [0.5, 0.6) is 0 Å². The molecule has 1 amide bonds. The van der Waals surface area contributed by atoms with Crippen molar-refractivity contribution in [1.29, 1.82) is 0 Å². The lowest BCUT2D eigenvalue weighted by Crippen LogP contribution is -2.55. The van der Waals surface area contributed by atoms with E-state index in [0.29, 0.717) is 26.2 Å². The van der Waals surface area contributed by atoms with Crippen molar-refractivity contribution >= 4 is 15.9 Å². The maximum atomic E-state index is 13.1. The number of halogens is 1. The van der Waals surface area contributed by atoms with Gasteiger partial charge in [-0.15, -0.1) is 0 Å². The maximum absolute atomic E-state index is 13.1. The number of nitrogens with zero attached hydrogens (tertiary/aromatic N) is 2. The van der Waals surface area contributed by atoms with E-state index in [-0.39, 0.29) is 28.7 Å². The fourth-order valence-corrected chi connectivity index (χ4v) is 4.85. The summed E-state index contributed by atoms with van der Waals surface area (Å²) in [5, 5.41) is 2.95. The molecule has 2 unspecified atom stereocenters. The molecule has 0 radical (unpaired) electrons. The van der Waals surface area contributed by atoms with Gasteiger partial charge < -0.3 is 5.32 Å². The Morgan fingerprint density at radius 2 is 1.55 bits per heavy atom. The van der Waals surface area contributed by atoms with Crippen LogP contribution in [0.25, 0.3) is 0 Å². The molecule has 1 N–H and O–H groups in total. The van der Waals surface area contributed by atoms with E-state index in [2.05, 4.69) is 5.32 Å². The minimum Gasteiger partial charge on any atom is -0.348 e. The highest BCUT2D eigenvalue weighted by Crippen LogP contribution is 2.19. The molecule has 1 aliphatic rings. The van der Waals surface area contributed by atoms with Crippen LogP contribution in [0.1, 0.15) is 25.5 Å². The van der Waals surface area contributed by atoms with Gasteiger partial charge in [0.05, 0.1) is 17.0 Å². The molecule has 0 aliphatic carbocycles. The van der Waals surface area contributed by atoms with Crippen molar-refractivity contribution in [2.24, 2.45) is 0 Å². The van der Waals surface area contributed by atoms with Crippen molar-refractivity contribution in [3.05, 3.63) is 66.0 Å². The molecule has 1 fully saturated rings. The third-order valence-electron chi connectivity index (χ3n) is 5.31. The molecule has 0 saturated carbocycles. The highest BCUT2D eigenvalue weighted by molar-refractivity contribution is 7.89. The van der Waals surface area contributed by atoms with Crippen LogP contribution < -0.4 is 5.32 Å². The number of carbonyl (C=O) groups is 1. The van der Waals surface area contributed by atoms with Crippen LogP contribution in [0.15, 0.2) is 59.5 Å². The molecular weight excluding hydrogens is 393 g/mol. The summed E-state index contributed by atoms with van der Waals surface area (Å²) in [6.45, 7) is 5.29. The highest BCUT2D eigenvalue weighted by atomic mass is 32.2. The lowest BCUT2D eigenvalue weighted by molar-refractivity contribution is -0.127. The van der Waals surface area contributed by atoms with Crippen molar-refractivity contribution in [3.8, 4) is 0 Å².